The van der Waals surface area contributed by atoms with Gasteiger partial charge in [0, 0.05) is 10.9 Å². The summed E-state index contributed by atoms with van der Waals surface area (Å²) in [5, 5.41) is 5.31. The molecule has 0 saturated carbocycles. The van der Waals surface area contributed by atoms with Crippen molar-refractivity contribution in [1.29, 1.82) is 0 Å². The van der Waals surface area contributed by atoms with Crippen molar-refractivity contribution in [2.24, 2.45) is 5.92 Å². The van der Waals surface area contributed by atoms with E-state index in [0.29, 0.717) is 43.1 Å². The van der Waals surface area contributed by atoms with Crippen LogP contribution in [0.3, 0.4) is 0 Å². The number of amides is 1. The highest BCUT2D eigenvalue weighted by Gasteiger charge is 2.28. The summed E-state index contributed by atoms with van der Waals surface area (Å²) in [6, 6.07) is 6.07. The molecule has 1 fully saturated rings. The van der Waals surface area contributed by atoms with E-state index in [9.17, 15) is 14.4 Å². The molecule has 8 heteroatoms. The van der Waals surface area contributed by atoms with Crippen LogP contribution >= 0.6 is 11.3 Å². The van der Waals surface area contributed by atoms with Crippen LogP contribution in [0.2, 0.25) is 0 Å². The van der Waals surface area contributed by atoms with Gasteiger partial charge in [-0.3, -0.25) is 14.5 Å². The van der Waals surface area contributed by atoms with Crippen molar-refractivity contribution in [2.75, 3.05) is 38.2 Å². The minimum Gasteiger partial charge on any atom is -0.466 e. The minimum absolute atomic E-state index is 0.0997. The summed E-state index contributed by atoms with van der Waals surface area (Å²) in [4.78, 5) is 39.5. The molecule has 0 bridgehead atoms. The third-order valence-corrected chi connectivity index (χ3v) is 6.67. The van der Waals surface area contributed by atoms with E-state index < -0.39 is 5.97 Å². The molecule has 7 nitrogen and oxygen atoms in total. The number of anilines is 1. The van der Waals surface area contributed by atoms with E-state index in [1.807, 2.05) is 36.3 Å². The van der Waals surface area contributed by atoms with Crippen molar-refractivity contribution in [2.45, 2.75) is 40.5 Å². The average Bonchev–Trinajstić information content (AvgIpc) is 3.17. The van der Waals surface area contributed by atoms with Gasteiger partial charge in [0.15, 0.2) is 0 Å². The summed E-state index contributed by atoms with van der Waals surface area (Å²) in [6.07, 6.45) is 1.35. The van der Waals surface area contributed by atoms with Gasteiger partial charge in [-0.05, 0) is 64.8 Å². The quantitative estimate of drug-likeness (QED) is 0.573. The number of hydrogen-bond acceptors (Lipinski definition) is 7. The fraction of sp³-hybridized carbons (Fsp3) is 0.480. The zero-order valence-corrected chi connectivity index (χ0v) is 20.5. The van der Waals surface area contributed by atoms with Gasteiger partial charge < -0.3 is 14.8 Å². The van der Waals surface area contributed by atoms with Crippen LogP contribution in [0.1, 0.15) is 48.2 Å². The number of rotatable bonds is 8. The summed E-state index contributed by atoms with van der Waals surface area (Å²) in [5.74, 6) is -0.890. The van der Waals surface area contributed by atoms with Gasteiger partial charge in [-0.1, -0.05) is 23.8 Å². The maximum absolute atomic E-state index is 12.8. The van der Waals surface area contributed by atoms with Crippen LogP contribution in [0.4, 0.5) is 5.00 Å². The van der Waals surface area contributed by atoms with Crippen molar-refractivity contribution >= 4 is 34.2 Å². The number of piperidine rings is 1. The second-order valence-electron chi connectivity index (χ2n) is 8.24. The second kappa shape index (κ2) is 11.4. The number of benzene rings is 1. The van der Waals surface area contributed by atoms with Crippen LogP contribution in [0.5, 0.6) is 0 Å². The summed E-state index contributed by atoms with van der Waals surface area (Å²) in [6.45, 7) is 9.75. The molecule has 2 heterocycles. The van der Waals surface area contributed by atoms with E-state index in [2.05, 4.69) is 11.4 Å². The maximum atomic E-state index is 12.8. The van der Waals surface area contributed by atoms with E-state index in [-0.39, 0.29) is 30.9 Å². The smallest absolute Gasteiger partial charge is 0.341 e. The Morgan fingerprint density at radius 2 is 1.76 bits per heavy atom. The number of thiophene rings is 1. The number of nitrogens with zero attached hydrogens (tertiary/aromatic N) is 1. The van der Waals surface area contributed by atoms with E-state index in [4.69, 9.17) is 9.47 Å². The number of ether oxygens (including phenoxy) is 2. The normalized spacial score (nSPS) is 14.7. The van der Waals surface area contributed by atoms with Crippen LogP contribution in [0.25, 0.3) is 11.1 Å². The van der Waals surface area contributed by atoms with Gasteiger partial charge in [0.1, 0.15) is 10.6 Å². The third kappa shape index (κ3) is 6.21. The fourth-order valence-corrected chi connectivity index (χ4v) is 5.09. The summed E-state index contributed by atoms with van der Waals surface area (Å²) < 4.78 is 10.4. The van der Waals surface area contributed by atoms with Gasteiger partial charge in [-0.2, -0.15) is 0 Å². The van der Waals surface area contributed by atoms with Gasteiger partial charge in [0.25, 0.3) is 0 Å². The number of hydrogen-bond donors (Lipinski definition) is 1. The summed E-state index contributed by atoms with van der Waals surface area (Å²) in [5.41, 5.74) is 4.30. The number of carbonyl (C=O) groups is 3. The number of aryl methyl sites for hydroxylation is 2. The molecular formula is C25H32N2O5S. The first kappa shape index (κ1) is 24.9. The van der Waals surface area contributed by atoms with Crippen molar-refractivity contribution in [1.82, 2.24) is 4.90 Å². The van der Waals surface area contributed by atoms with E-state index >= 15 is 0 Å². The number of esters is 2. The van der Waals surface area contributed by atoms with Crippen LogP contribution in [-0.2, 0) is 19.1 Å². The molecule has 1 aromatic carbocycles. The van der Waals surface area contributed by atoms with Gasteiger partial charge >= 0.3 is 11.9 Å². The molecule has 0 radical (unpaired) electrons. The van der Waals surface area contributed by atoms with E-state index in [0.717, 1.165) is 22.3 Å². The zero-order valence-electron chi connectivity index (χ0n) is 19.7. The second-order valence-corrected chi connectivity index (χ2v) is 9.12. The van der Waals surface area contributed by atoms with Gasteiger partial charge in [-0.25, -0.2) is 4.79 Å². The Bertz CT molecular complexity index is 1010. The van der Waals surface area contributed by atoms with Crippen molar-refractivity contribution in [3.8, 4) is 11.1 Å². The van der Waals surface area contributed by atoms with Crippen LogP contribution in [-0.4, -0.2) is 55.6 Å². The van der Waals surface area contributed by atoms with Gasteiger partial charge in [0.05, 0.1) is 25.7 Å². The molecular weight excluding hydrogens is 440 g/mol. The Labute approximate surface area is 199 Å². The molecule has 0 unspecified atom stereocenters. The molecule has 178 valence electrons. The van der Waals surface area contributed by atoms with Crippen molar-refractivity contribution in [3.63, 3.8) is 0 Å². The molecule has 0 atom stereocenters. The topological polar surface area (TPSA) is 84.9 Å². The molecule has 1 aliphatic rings. The lowest BCUT2D eigenvalue weighted by Crippen LogP contribution is -2.41. The Hall–Kier alpha value is -2.71. The van der Waals surface area contributed by atoms with Crippen molar-refractivity contribution < 1.29 is 23.9 Å². The fourth-order valence-electron chi connectivity index (χ4n) is 4.13. The first-order valence-electron chi connectivity index (χ1n) is 11.4. The predicted molar refractivity (Wildman–Crippen MR) is 130 cm³/mol. The van der Waals surface area contributed by atoms with Crippen molar-refractivity contribution in [3.05, 3.63) is 40.3 Å². The zero-order chi connectivity index (χ0) is 24.0. The molecule has 0 aliphatic carbocycles. The molecule has 1 N–H and O–H groups in total. The molecule has 3 rings (SSSR count). The third-order valence-electron chi connectivity index (χ3n) is 5.77. The van der Waals surface area contributed by atoms with Crippen LogP contribution in [0, 0.1) is 19.8 Å². The van der Waals surface area contributed by atoms with E-state index in [1.165, 1.54) is 11.3 Å². The molecule has 33 heavy (non-hydrogen) atoms. The molecule has 1 aromatic heterocycles. The molecule has 1 amide bonds. The average molecular weight is 473 g/mol. The highest BCUT2D eigenvalue weighted by atomic mass is 32.1. The largest absolute Gasteiger partial charge is 0.466 e. The summed E-state index contributed by atoms with van der Waals surface area (Å²) >= 11 is 1.33. The minimum atomic E-state index is -0.445. The highest BCUT2D eigenvalue weighted by Crippen LogP contribution is 2.38. The SMILES string of the molecule is CCOC(=O)c1c(-c2ccc(C)cc2C)csc1NC(=O)CN1CCC(C(=O)OCC)CC1. The standard InChI is InChI=1S/C25H32N2O5S/c1-5-31-24(29)18-9-11-27(12-10-18)14-21(28)26-23-22(25(30)32-6-2)20(15-33-23)19-8-7-16(3)13-17(19)4/h7-8,13,15,18H,5-6,9-12,14H2,1-4H3,(H,26,28). The molecule has 1 aliphatic heterocycles. The number of nitrogens with one attached hydrogen (secondary N) is 1. The maximum Gasteiger partial charge on any atom is 0.341 e. The highest BCUT2D eigenvalue weighted by molar-refractivity contribution is 7.15. The Morgan fingerprint density at radius 1 is 1.06 bits per heavy atom. The Kier molecular flexibility index (Phi) is 8.63. The first-order valence-corrected chi connectivity index (χ1v) is 12.3. The monoisotopic (exact) mass is 472 g/mol. The lowest BCUT2D eigenvalue weighted by molar-refractivity contribution is -0.149. The lowest BCUT2D eigenvalue weighted by atomic mass is 9.97. The summed E-state index contributed by atoms with van der Waals surface area (Å²) in [7, 11) is 0. The van der Waals surface area contributed by atoms with Crippen LogP contribution < -0.4 is 5.32 Å². The first-order chi connectivity index (χ1) is 15.8. The van der Waals surface area contributed by atoms with Gasteiger partial charge in [0.2, 0.25) is 5.91 Å². The predicted octanol–water partition coefficient (Wildman–Crippen LogP) is 4.42. The Balaban J connectivity index is 1.71. The van der Waals surface area contributed by atoms with Crippen LogP contribution in [0.15, 0.2) is 23.6 Å². The molecule has 2 aromatic rings. The molecule has 1 saturated heterocycles. The molecule has 0 spiro atoms. The van der Waals surface area contributed by atoms with E-state index in [1.54, 1.807) is 13.8 Å². The lowest BCUT2D eigenvalue weighted by Gasteiger charge is -2.30. The number of carbonyl (C=O) groups excluding carboxylic acids is 3. The Morgan fingerprint density at radius 3 is 2.39 bits per heavy atom. The number of likely N-dealkylation sites (tertiary alicyclic amines) is 1. The van der Waals surface area contributed by atoms with Gasteiger partial charge in [-0.15, -0.1) is 11.3 Å².